The van der Waals surface area contributed by atoms with Crippen molar-refractivity contribution in [2.24, 2.45) is 0 Å². The fourth-order valence-corrected chi connectivity index (χ4v) is 3.37. The predicted molar refractivity (Wildman–Crippen MR) is 115 cm³/mol. The number of aliphatic hydroxyl groups is 1. The van der Waals surface area contributed by atoms with Crippen LogP contribution in [0.3, 0.4) is 0 Å². The molecule has 176 valence electrons. The standard InChI is InChI=1S/C23H27FN4O5/c1-23(2,3)33-22(30)28-9-7-17(11-16(28)13-29)32-21-6-8-26-20(27-21)14-31-19-5-4-15(12-25)10-18(19)24/h4-6,8,10,16-17,29H,7,9,11,13-14H2,1-3H3/t16-,17+/m1/s1. The number of benzene rings is 1. The van der Waals surface area contributed by atoms with E-state index < -0.39 is 23.6 Å². The summed E-state index contributed by atoms with van der Waals surface area (Å²) in [6.07, 6.45) is 1.75. The van der Waals surface area contributed by atoms with E-state index in [0.717, 1.165) is 6.07 Å². The summed E-state index contributed by atoms with van der Waals surface area (Å²) in [5, 5.41) is 18.6. The Morgan fingerprint density at radius 2 is 2.15 bits per heavy atom. The molecule has 1 aromatic carbocycles. The molecule has 1 amide bonds. The largest absolute Gasteiger partial charge is 0.483 e. The summed E-state index contributed by atoms with van der Waals surface area (Å²) < 4.78 is 30.8. The van der Waals surface area contributed by atoms with Crippen LogP contribution in [0.25, 0.3) is 0 Å². The Hall–Kier alpha value is -3.45. The van der Waals surface area contributed by atoms with Crippen molar-refractivity contribution >= 4 is 6.09 Å². The zero-order valence-corrected chi connectivity index (χ0v) is 18.8. The highest BCUT2D eigenvalue weighted by Gasteiger charge is 2.34. The number of hydrogen-bond donors (Lipinski definition) is 1. The maximum absolute atomic E-state index is 14.0. The fraction of sp³-hybridized carbons (Fsp3) is 0.478. The van der Waals surface area contributed by atoms with Gasteiger partial charge in [-0.1, -0.05) is 0 Å². The molecule has 9 nitrogen and oxygen atoms in total. The average molecular weight is 458 g/mol. The van der Waals surface area contributed by atoms with Crippen LogP contribution in [0.15, 0.2) is 30.5 Å². The van der Waals surface area contributed by atoms with Crippen molar-refractivity contribution in [2.75, 3.05) is 13.2 Å². The molecule has 0 saturated carbocycles. The van der Waals surface area contributed by atoms with Gasteiger partial charge in [0.1, 0.15) is 18.3 Å². The van der Waals surface area contributed by atoms with Crippen LogP contribution in [0, 0.1) is 17.1 Å². The molecule has 1 fully saturated rings. The molecular weight excluding hydrogens is 431 g/mol. The first-order chi connectivity index (χ1) is 15.7. The van der Waals surface area contributed by atoms with Crippen LogP contribution in [0.4, 0.5) is 9.18 Å². The van der Waals surface area contributed by atoms with Gasteiger partial charge in [0, 0.05) is 31.6 Å². The number of halogens is 1. The Labute approximate surface area is 191 Å². The molecule has 1 aromatic heterocycles. The molecule has 0 bridgehead atoms. The number of nitrogens with zero attached hydrogens (tertiary/aromatic N) is 4. The van der Waals surface area contributed by atoms with Gasteiger partial charge in [-0.05, 0) is 39.0 Å². The smallest absolute Gasteiger partial charge is 0.410 e. The molecular formula is C23H27FN4O5. The van der Waals surface area contributed by atoms with Crippen molar-refractivity contribution in [1.82, 2.24) is 14.9 Å². The van der Waals surface area contributed by atoms with E-state index in [2.05, 4.69) is 9.97 Å². The molecule has 0 unspecified atom stereocenters. The van der Waals surface area contributed by atoms with Crippen molar-refractivity contribution in [2.45, 2.75) is 58.0 Å². The van der Waals surface area contributed by atoms with Crippen molar-refractivity contribution < 1.29 is 28.5 Å². The van der Waals surface area contributed by atoms with Gasteiger partial charge in [-0.15, -0.1) is 0 Å². The summed E-state index contributed by atoms with van der Waals surface area (Å²) in [6.45, 7) is 5.46. The summed E-state index contributed by atoms with van der Waals surface area (Å²) in [5.74, 6) is -0.0464. The zero-order valence-electron chi connectivity index (χ0n) is 18.8. The van der Waals surface area contributed by atoms with Gasteiger partial charge in [0.15, 0.2) is 17.4 Å². The van der Waals surface area contributed by atoms with E-state index in [1.165, 1.54) is 23.2 Å². The normalized spacial score (nSPS) is 18.4. The Balaban J connectivity index is 1.58. The minimum Gasteiger partial charge on any atom is -0.483 e. The van der Waals surface area contributed by atoms with Gasteiger partial charge in [0.05, 0.1) is 24.3 Å². The van der Waals surface area contributed by atoms with Crippen LogP contribution in [0.1, 0.15) is 45.0 Å². The average Bonchev–Trinajstić information content (AvgIpc) is 2.77. The summed E-state index contributed by atoms with van der Waals surface area (Å²) in [4.78, 5) is 22.3. The second-order valence-corrected chi connectivity index (χ2v) is 8.63. The number of amides is 1. The highest BCUT2D eigenvalue weighted by atomic mass is 19.1. The monoisotopic (exact) mass is 458 g/mol. The first kappa shape index (κ1) is 24.2. The number of nitriles is 1. The number of piperidine rings is 1. The minimum absolute atomic E-state index is 0.00998. The van der Waals surface area contributed by atoms with E-state index in [-0.39, 0.29) is 30.6 Å². The summed E-state index contributed by atoms with van der Waals surface area (Å²) >= 11 is 0. The quantitative estimate of drug-likeness (QED) is 0.701. The molecule has 10 heteroatoms. The molecule has 1 aliphatic rings. The topological polar surface area (TPSA) is 118 Å². The number of likely N-dealkylation sites (tertiary alicyclic amines) is 1. The molecule has 3 rings (SSSR count). The number of rotatable bonds is 6. The Morgan fingerprint density at radius 1 is 1.36 bits per heavy atom. The van der Waals surface area contributed by atoms with Crippen LogP contribution >= 0.6 is 0 Å². The lowest BCUT2D eigenvalue weighted by Gasteiger charge is -2.38. The molecule has 33 heavy (non-hydrogen) atoms. The van der Waals surface area contributed by atoms with Crippen LogP contribution in [0.5, 0.6) is 11.6 Å². The molecule has 1 N–H and O–H groups in total. The minimum atomic E-state index is -0.645. The summed E-state index contributed by atoms with van der Waals surface area (Å²) in [6, 6.07) is 6.96. The molecule has 2 atom stereocenters. The maximum atomic E-state index is 14.0. The Bertz CT molecular complexity index is 1020. The van der Waals surface area contributed by atoms with E-state index >= 15 is 0 Å². The van der Waals surface area contributed by atoms with Crippen molar-refractivity contribution in [3.63, 3.8) is 0 Å². The van der Waals surface area contributed by atoms with Crippen molar-refractivity contribution in [3.05, 3.63) is 47.7 Å². The van der Waals surface area contributed by atoms with Crippen LogP contribution in [-0.4, -0.2) is 57.0 Å². The van der Waals surface area contributed by atoms with Crippen LogP contribution in [-0.2, 0) is 11.3 Å². The van der Waals surface area contributed by atoms with Gasteiger partial charge in [-0.3, -0.25) is 0 Å². The Morgan fingerprint density at radius 3 is 2.82 bits per heavy atom. The number of aliphatic hydroxyl groups excluding tert-OH is 1. The highest BCUT2D eigenvalue weighted by molar-refractivity contribution is 5.68. The zero-order chi connectivity index (χ0) is 24.0. The third-order valence-electron chi connectivity index (χ3n) is 4.89. The van der Waals surface area contributed by atoms with Gasteiger partial charge in [0.25, 0.3) is 0 Å². The predicted octanol–water partition coefficient (Wildman–Crippen LogP) is 3.21. The lowest BCUT2D eigenvalue weighted by atomic mass is 10.0. The first-order valence-corrected chi connectivity index (χ1v) is 10.6. The lowest BCUT2D eigenvalue weighted by molar-refractivity contribution is -0.0150. The van der Waals surface area contributed by atoms with E-state index in [1.807, 2.05) is 6.07 Å². The molecule has 1 saturated heterocycles. The maximum Gasteiger partial charge on any atom is 0.410 e. The van der Waals surface area contributed by atoms with Crippen molar-refractivity contribution in [3.8, 4) is 17.7 Å². The second-order valence-electron chi connectivity index (χ2n) is 8.63. The van der Waals surface area contributed by atoms with E-state index in [4.69, 9.17) is 19.5 Å². The molecule has 2 aromatic rings. The molecule has 0 aliphatic carbocycles. The van der Waals surface area contributed by atoms with Crippen LogP contribution < -0.4 is 9.47 Å². The first-order valence-electron chi connectivity index (χ1n) is 10.6. The summed E-state index contributed by atoms with van der Waals surface area (Å²) in [7, 11) is 0. The molecule has 0 radical (unpaired) electrons. The van der Waals surface area contributed by atoms with E-state index in [1.54, 1.807) is 26.8 Å². The Kier molecular flexibility index (Phi) is 7.66. The number of aromatic nitrogens is 2. The molecule has 0 spiro atoms. The number of hydrogen-bond acceptors (Lipinski definition) is 8. The molecule has 1 aliphatic heterocycles. The van der Waals surface area contributed by atoms with Gasteiger partial charge >= 0.3 is 6.09 Å². The third-order valence-corrected chi connectivity index (χ3v) is 4.89. The second kappa shape index (κ2) is 10.4. The van der Waals surface area contributed by atoms with Crippen molar-refractivity contribution in [1.29, 1.82) is 5.26 Å². The lowest BCUT2D eigenvalue weighted by Crippen LogP contribution is -2.51. The number of ether oxygens (including phenoxy) is 3. The fourth-order valence-electron chi connectivity index (χ4n) is 3.37. The van der Waals surface area contributed by atoms with Gasteiger partial charge in [0.2, 0.25) is 5.88 Å². The molecule has 2 heterocycles. The third kappa shape index (κ3) is 6.76. The number of carbonyl (C=O) groups is 1. The van der Waals surface area contributed by atoms with Gasteiger partial charge in [-0.2, -0.15) is 10.2 Å². The number of carbonyl (C=O) groups excluding carboxylic acids is 1. The SMILES string of the molecule is CC(C)(C)OC(=O)N1CC[C@H](Oc2ccnc(COc3ccc(C#N)cc3F)n2)C[C@@H]1CO. The highest BCUT2D eigenvalue weighted by Crippen LogP contribution is 2.24. The van der Waals surface area contributed by atoms with Crippen LogP contribution in [0.2, 0.25) is 0 Å². The van der Waals surface area contributed by atoms with E-state index in [0.29, 0.717) is 31.1 Å². The van der Waals surface area contributed by atoms with Gasteiger partial charge in [-0.25, -0.2) is 14.2 Å². The summed E-state index contributed by atoms with van der Waals surface area (Å²) in [5.41, 5.74) is -0.421. The van der Waals surface area contributed by atoms with E-state index in [9.17, 15) is 14.3 Å². The van der Waals surface area contributed by atoms with Gasteiger partial charge < -0.3 is 24.2 Å².